The highest BCUT2D eigenvalue weighted by Gasteiger charge is 2.40. The van der Waals surface area contributed by atoms with Crippen molar-refractivity contribution < 1.29 is 32.6 Å². The molecular formula is C16H21N3O7S. The van der Waals surface area contributed by atoms with Gasteiger partial charge in [-0.3, -0.25) is 20.4 Å². The third kappa shape index (κ3) is 4.74. The van der Waals surface area contributed by atoms with Crippen molar-refractivity contribution in [2.45, 2.75) is 37.6 Å². The van der Waals surface area contributed by atoms with Crippen LogP contribution in [0.15, 0.2) is 17.0 Å². The van der Waals surface area contributed by atoms with E-state index in [0.29, 0.717) is 29.7 Å². The number of carbonyl (C=O) groups excluding carboxylic acids is 2. The van der Waals surface area contributed by atoms with Gasteiger partial charge in [-0.25, -0.2) is 13.2 Å². The fourth-order valence-electron chi connectivity index (χ4n) is 2.69. The van der Waals surface area contributed by atoms with E-state index in [0.717, 1.165) is 4.31 Å². The predicted octanol–water partition coefficient (Wildman–Crippen LogP) is -0.303. The third-order valence-corrected chi connectivity index (χ3v) is 6.20. The first-order valence-electron chi connectivity index (χ1n) is 8.07. The molecule has 27 heavy (non-hydrogen) atoms. The highest BCUT2D eigenvalue weighted by molar-refractivity contribution is 7.89. The van der Waals surface area contributed by atoms with Crippen LogP contribution in [0.5, 0.6) is 5.75 Å². The van der Waals surface area contributed by atoms with E-state index in [1.165, 1.54) is 7.11 Å². The highest BCUT2D eigenvalue weighted by Crippen LogP contribution is 2.35. The molecule has 1 aliphatic rings. The molecule has 1 aliphatic carbocycles. The number of hydrogen-bond donors (Lipinski definition) is 3. The van der Waals surface area contributed by atoms with Crippen LogP contribution in [0.3, 0.4) is 0 Å². The van der Waals surface area contributed by atoms with E-state index >= 15 is 0 Å². The Hall–Kier alpha value is -2.66. The number of amides is 2. The summed E-state index contributed by atoms with van der Waals surface area (Å²) in [6.07, 6.45) is 1.23. The summed E-state index contributed by atoms with van der Waals surface area (Å²) in [6.45, 7) is 2.74. The van der Waals surface area contributed by atoms with Gasteiger partial charge in [0.2, 0.25) is 10.0 Å². The number of aliphatic carboxylic acids is 1. The van der Waals surface area contributed by atoms with Gasteiger partial charge in [0.1, 0.15) is 5.75 Å². The number of methoxy groups -OCH3 is 1. The average molecular weight is 399 g/mol. The molecule has 1 fully saturated rings. The van der Waals surface area contributed by atoms with Crippen molar-refractivity contribution in [3.8, 4) is 5.75 Å². The maximum atomic E-state index is 13.2. The topological polar surface area (TPSA) is 142 Å². The van der Waals surface area contributed by atoms with Crippen molar-refractivity contribution in [3.63, 3.8) is 0 Å². The zero-order chi connectivity index (χ0) is 20.4. The Labute approximate surface area is 156 Å². The van der Waals surface area contributed by atoms with Gasteiger partial charge in [-0.1, -0.05) is 0 Å². The zero-order valence-corrected chi connectivity index (χ0v) is 15.9. The lowest BCUT2D eigenvalue weighted by Crippen LogP contribution is -2.49. The fraction of sp³-hybridized carbons (Fsp3) is 0.438. The molecule has 2 amide bonds. The molecule has 1 saturated carbocycles. The number of carboxylic acid groups (broad SMARTS) is 1. The normalized spacial score (nSPS) is 13.9. The first kappa shape index (κ1) is 20.6. The van der Waals surface area contributed by atoms with Crippen molar-refractivity contribution in [1.29, 1.82) is 0 Å². The van der Waals surface area contributed by atoms with Gasteiger partial charge < -0.3 is 9.84 Å². The number of ether oxygens (including phenoxy) is 1. The minimum atomic E-state index is -3.99. The first-order valence-corrected chi connectivity index (χ1v) is 9.51. The maximum absolute atomic E-state index is 13.2. The van der Waals surface area contributed by atoms with Crippen LogP contribution in [-0.4, -0.2) is 55.3 Å². The lowest BCUT2D eigenvalue weighted by atomic mass is 10.1. The van der Waals surface area contributed by atoms with Gasteiger partial charge in [0.05, 0.1) is 18.6 Å². The fourth-order valence-corrected chi connectivity index (χ4v) is 4.74. The Morgan fingerprint density at radius 1 is 1.19 bits per heavy atom. The summed E-state index contributed by atoms with van der Waals surface area (Å²) in [7, 11) is -2.51. The lowest BCUT2D eigenvalue weighted by Gasteiger charge is -2.23. The van der Waals surface area contributed by atoms with Crippen LogP contribution < -0.4 is 15.6 Å². The van der Waals surface area contributed by atoms with Gasteiger partial charge in [-0.15, -0.1) is 0 Å². The van der Waals surface area contributed by atoms with Crippen LogP contribution in [0.25, 0.3) is 0 Å². The van der Waals surface area contributed by atoms with Crippen molar-refractivity contribution in [3.05, 3.63) is 23.3 Å². The number of aryl methyl sites for hydroxylation is 2. The molecule has 148 valence electrons. The molecular weight excluding hydrogens is 378 g/mol. The summed E-state index contributed by atoms with van der Waals surface area (Å²) < 4.78 is 32.5. The van der Waals surface area contributed by atoms with Gasteiger partial charge >= 0.3 is 11.9 Å². The van der Waals surface area contributed by atoms with Gasteiger partial charge in [0, 0.05) is 6.04 Å². The Morgan fingerprint density at radius 2 is 1.74 bits per heavy atom. The molecule has 0 bridgehead atoms. The van der Waals surface area contributed by atoms with Gasteiger partial charge in [0.15, 0.2) is 0 Å². The van der Waals surface area contributed by atoms with Crippen molar-refractivity contribution in [1.82, 2.24) is 15.2 Å². The Kier molecular flexibility index (Phi) is 6.06. The van der Waals surface area contributed by atoms with Crippen molar-refractivity contribution >= 4 is 27.8 Å². The highest BCUT2D eigenvalue weighted by atomic mass is 32.2. The minimum absolute atomic E-state index is 0.0950. The first-order chi connectivity index (χ1) is 12.6. The van der Waals surface area contributed by atoms with Crippen LogP contribution in [-0.2, 0) is 24.4 Å². The van der Waals surface area contributed by atoms with E-state index in [9.17, 15) is 22.8 Å². The molecule has 0 atom stereocenters. The maximum Gasteiger partial charge on any atom is 0.396 e. The summed E-state index contributed by atoms with van der Waals surface area (Å²) in [5.41, 5.74) is 4.57. The van der Waals surface area contributed by atoms with E-state index in [4.69, 9.17) is 9.84 Å². The summed E-state index contributed by atoms with van der Waals surface area (Å²) >= 11 is 0. The van der Waals surface area contributed by atoms with E-state index in [1.807, 2.05) is 5.43 Å². The number of carboxylic acids is 1. The molecule has 1 aromatic carbocycles. The molecule has 10 nitrogen and oxygen atoms in total. The average Bonchev–Trinajstić information content (AvgIpc) is 3.40. The second-order valence-electron chi connectivity index (χ2n) is 6.18. The second-order valence-corrected chi connectivity index (χ2v) is 8.01. The van der Waals surface area contributed by atoms with Crippen LogP contribution in [0.4, 0.5) is 0 Å². The van der Waals surface area contributed by atoms with Gasteiger partial charge in [-0.05, 0) is 49.9 Å². The van der Waals surface area contributed by atoms with E-state index in [2.05, 4.69) is 0 Å². The van der Waals surface area contributed by atoms with E-state index < -0.39 is 34.4 Å². The standard InChI is InChI=1S/C16H21N3O7S/c1-9-6-12(26-3)7-10(2)14(9)27(24,25)19(11-4-5-11)8-13(20)17-18-15(21)16(22)23/h6-7,11H,4-5,8H2,1-3H3,(H,17,20)(H,18,21)(H,22,23). The molecule has 1 aromatic rings. The molecule has 0 radical (unpaired) electrons. The number of benzene rings is 1. The second kappa shape index (κ2) is 7.92. The van der Waals surface area contributed by atoms with Crippen molar-refractivity contribution in [2.24, 2.45) is 0 Å². The lowest BCUT2D eigenvalue weighted by molar-refractivity contribution is -0.151. The van der Waals surface area contributed by atoms with Crippen LogP contribution in [0, 0.1) is 13.8 Å². The summed E-state index contributed by atoms with van der Waals surface area (Å²) in [5, 5.41) is 8.48. The Balaban J connectivity index is 2.25. The van der Waals surface area contributed by atoms with E-state index in [-0.39, 0.29) is 10.9 Å². The zero-order valence-electron chi connectivity index (χ0n) is 15.1. The quantitative estimate of drug-likeness (QED) is 0.440. The molecule has 0 unspecified atom stereocenters. The third-order valence-electron chi connectivity index (χ3n) is 4.00. The van der Waals surface area contributed by atoms with Gasteiger partial charge in [0.25, 0.3) is 5.91 Å². The monoisotopic (exact) mass is 399 g/mol. The number of nitrogens with one attached hydrogen (secondary N) is 2. The Morgan fingerprint density at radius 3 is 2.19 bits per heavy atom. The largest absolute Gasteiger partial charge is 0.497 e. The number of nitrogens with zero attached hydrogens (tertiary/aromatic N) is 1. The summed E-state index contributed by atoms with van der Waals surface area (Å²) in [4.78, 5) is 33.5. The molecule has 0 aliphatic heterocycles. The number of rotatable bonds is 6. The molecule has 0 spiro atoms. The SMILES string of the molecule is COc1cc(C)c(S(=O)(=O)N(CC(=O)NNC(=O)C(=O)O)C2CC2)c(C)c1. The Bertz CT molecular complexity index is 855. The smallest absolute Gasteiger partial charge is 0.396 e. The minimum Gasteiger partial charge on any atom is -0.497 e. The molecule has 11 heteroatoms. The van der Waals surface area contributed by atoms with Crippen LogP contribution in [0.1, 0.15) is 24.0 Å². The van der Waals surface area contributed by atoms with Crippen LogP contribution in [0.2, 0.25) is 0 Å². The summed E-state index contributed by atoms with van der Waals surface area (Å²) in [5.74, 6) is -3.52. The molecule has 0 aromatic heterocycles. The number of hydrazine groups is 1. The van der Waals surface area contributed by atoms with Crippen LogP contribution >= 0.6 is 0 Å². The molecule has 0 heterocycles. The number of sulfonamides is 1. The predicted molar refractivity (Wildman–Crippen MR) is 93.3 cm³/mol. The van der Waals surface area contributed by atoms with Crippen molar-refractivity contribution in [2.75, 3.05) is 13.7 Å². The summed E-state index contributed by atoms with van der Waals surface area (Å²) in [6, 6.07) is 2.87. The molecule has 0 saturated heterocycles. The van der Waals surface area contributed by atoms with Gasteiger partial charge in [-0.2, -0.15) is 4.31 Å². The molecule has 2 rings (SSSR count). The number of hydrogen-bond acceptors (Lipinski definition) is 6. The molecule has 3 N–H and O–H groups in total. The van der Waals surface area contributed by atoms with E-state index in [1.54, 1.807) is 31.4 Å². The number of carbonyl (C=O) groups is 3.